The number of hydrogen-bond acceptors (Lipinski definition) is 6. The maximum atomic E-state index is 12.3. The van der Waals surface area contributed by atoms with Crippen LogP contribution in [-0.2, 0) is 9.53 Å². The fraction of sp³-hybridized carbons (Fsp3) is 0.350. The monoisotopic (exact) mass is 419 g/mol. The van der Waals surface area contributed by atoms with E-state index in [0.717, 1.165) is 18.7 Å². The van der Waals surface area contributed by atoms with Crippen molar-refractivity contribution in [2.75, 3.05) is 39.5 Å². The van der Waals surface area contributed by atoms with Gasteiger partial charge in [0.2, 0.25) is 0 Å². The Bertz CT molecular complexity index is 858. The first-order chi connectivity index (χ1) is 14.0. The summed E-state index contributed by atoms with van der Waals surface area (Å²) in [7, 11) is 0. The second-order valence-corrected chi connectivity index (χ2v) is 6.94. The van der Waals surface area contributed by atoms with E-state index in [0.29, 0.717) is 24.8 Å². The number of amides is 1. The van der Waals surface area contributed by atoms with Gasteiger partial charge in [-0.2, -0.15) is 0 Å². The van der Waals surface area contributed by atoms with Crippen LogP contribution < -0.4 is 10.1 Å². The molecule has 1 aliphatic rings. The minimum absolute atomic E-state index is 0.0886. The summed E-state index contributed by atoms with van der Waals surface area (Å²) >= 11 is 6.38. The standard InChI is InChI=1S/C20H22ClN3O5/c21-18-7-2-1-6-17(18)19(23-8-10-28-11-9-23)13-22-20(25)14-29-16-5-3-4-15(12-16)24(26)27/h1-7,12,19H,8-11,13-14H2,(H,22,25). The summed E-state index contributed by atoms with van der Waals surface area (Å²) in [5.74, 6) is -0.0491. The highest BCUT2D eigenvalue weighted by Crippen LogP contribution is 2.27. The van der Waals surface area contributed by atoms with Crippen LogP contribution in [0, 0.1) is 10.1 Å². The van der Waals surface area contributed by atoms with Gasteiger partial charge in [0, 0.05) is 30.7 Å². The zero-order valence-electron chi connectivity index (χ0n) is 15.8. The van der Waals surface area contributed by atoms with Gasteiger partial charge < -0.3 is 14.8 Å². The van der Waals surface area contributed by atoms with E-state index < -0.39 is 4.92 Å². The molecule has 0 bridgehead atoms. The Morgan fingerprint density at radius 3 is 2.72 bits per heavy atom. The van der Waals surface area contributed by atoms with Crippen LogP contribution in [0.4, 0.5) is 5.69 Å². The van der Waals surface area contributed by atoms with E-state index in [4.69, 9.17) is 21.1 Å². The molecule has 1 heterocycles. The highest BCUT2D eigenvalue weighted by atomic mass is 35.5. The van der Waals surface area contributed by atoms with Crippen molar-refractivity contribution < 1.29 is 19.2 Å². The molecule has 1 amide bonds. The van der Waals surface area contributed by atoms with Crippen LogP contribution in [-0.4, -0.2) is 55.2 Å². The number of nitrogens with one attached hydrogen (secondary N) is 1. The van der Waals surface area contributed by atoms with Crippen LogP contribution in [0.25, 0.3) is 0 Å². The van der Waals surface area contributed by atoms with Crippen LogP contribution in [0.2, 0.25) is 5.02 Å². The van der Waals surface area contributed by atoms with E-state index in [-0.39, 0.29) is 30.0 Å². The van der Waals surface area contributed by atoms with Gasteiger partial charge in [0.05, 0.1) is 30.2 Å². The zero-order chi connectivity index (χ0) is 20.6. The first-order valence-electron chi connectivity index (χ1n) is 9.25. The second-order valence-electron chi connectivity index (χ2n) is 6.53. The van der Waals surface area contributed by atoms with Gasteiger partial charge >= 0.3 is 0 Å². The predicted octanol–water partition coefficient (Wildman–Crippen LogP) is 2.82. The van der Waals surface area contributed by atoms with E-state index in [9.17, 15) is 14.9 Å². The molecule has 0 saturated carbocycles. The molecule has 29 heavy (non-hydrogen) atoms. The fourth-order valence-corrected chi connectivity index (χ4v) is 3.43. The van der Waals surface area contributed by atoms with E-state index in [1.165, 1.54) is 18.2 Å². The van der Waals surface area contributed by atoms with Crippen molar-refractivity contribution in [1.29, 1.82) is 0 Å². The Labute approximate surface area is 173 Å². The number of nitro groups is 1. The number of halogens is 1. The molecule has 1 unspecified atom stereocenters. The molecule has 2 aromatic carbocycles. The van der Waals surface area contributed by atoms with Gasteiger partial charge in [0.1, 0.15) is 5.75 Å². The normalized spacial score (nSPS) is 15.5. The summed E-state index contributed by atoms with van der Waals surface area (Å²) in [5, 5.41) is 14.3. The minimum Gasteiger partial charge on any atom is -0.484 e. The number of nitrogens with zero attached hydrogens (tertiary/aromatic N) is 2. The molecule has 1 aliphatic heterocycles. The lowest BCUT2D eigenvalue weighted by Gasteiger charge is -2.35. The third-order valence-corrected chi connectivity index (χ3v) is 4.99. The average molecular weight is 420 g/mol. The zero-order valence-corrected chi connectivity index (χ0v) is 16.5. The number of carbonyl (C=O) groups excluding carboxylic acids is 1. The van der Waals surface area contributed by atoms with Gasteiger partial charge in [-0.15, -0.1) is 0 Å². The van der Waals surface area contributed by atoms with Crippen LogP contribution in [0.3, 0.4) is 0 Å². The summed E-state index contributed by atoms with van der Waals surface area (Å²) in [6, 6.07) is 13.2. The molecule has 0 aliphatic carbocycles. The van der Waals surface area contributed by atoms with E-state index in [2.05, 4.69) is 10.2 Å². The molecule has 3 rings (SSSR count). The summed E-state index contributed by atoms with van der Waals surface area (Å²) < 4.78 is 10.8. The molecular formula is C20H22ClN3O5. The number of ether oxygens (including phenoxy) is 2. The Morgan fingerprint density at radius 2 is 2.00 bits per heavy atom. The third kappa shape index (κ3) is 5.90. The molecule has 9 heteroatoms. The SMILES string of the molecule is O=C(COc1cccc([N+](=O)[O-])c1)NCC(c1ccccc1Cl)N1CCOCC1. The number of hydrogen-bond donors (Lipinski definition) is 1. The largest absolute Gasteiger partial charge is 0.484 e. The van der Waals surface area contributed by atoms with Crippen molar-refractivity contribution in [2.24, 2.45) is 0 Å². The highest BCUT2D eigenvalue weighted by Gasteiger charge is 2.24. The van der Waals surface area contributed by atoms with Crippen molar-refractivity contribution in [3.63, 3.8) is 0 Å². The molecule has 1 atom stereocenters. The Balaban J connectivity index is 1.60. The van der Waals surface area contributed by atoms with Crippen LogP contribution in [0.1, 0.15) is 11.6 Å². The summed E-state index contributed by atoms with van der Waals surface area (Å²) in [4.78, 5) is 24.8. The molecule has 2 aromatic rings. The quantitative estimate of drug-likeness (QED) is 0.522. The summed E-state index contributed by atoms with van der Waals surface area (Å²) in [6.07, 6.45) is 0. The molecule has 1 N–H and O–H groups in total. The molecule has 0 spiro atoms. The van der Waals surface area contributed by atoms with Crippen LogP contribution in [0.5, 0.6) is 5.75 Å². The van der Waals surface area contributed by atoms with Crippen LogP contribution in [0.15, 0.2) is 48.5 Å². The molecule has 1 saturated heterocycles. The maximum Gasteiger partial charge on any atom is 0.273 e. The predicted molar refractivity (Wildman–Crippen MR) is 108 cm³/mol. The van der Waals surface area contributed by atoms with Gasteiger partial charge in [-0.25, -0.2) is 0 Å². The van der Waals surface area contributed by atoms with Crippen molar-refractivity contribution in [3.05, 3.63) is 69.2 Å². The number of rotatable bonds is 8. The second kappa shape index (κ2) is 10.2. The molecule has 8 nitrogen and oxygen atoms in total. The number of morpholine rings is 1. The van der Waals surface area contributed by atoms with Gasteiger partial charge in [-0.1, -0.05) is 35.9 Å². The van der Waals surface area contributed by atoms with Gasteiger partial charge in [-0.05, 0) is 17.7 Å². The van der Waals surface area contributed by atoms with Crippen LogP contribution >= 0.6 is 11.6 Å². The topological polar surface area (TPSA) is 93.9 Å². The average Bonchev–Trinajstić information content (AvgIpc) is 2.74. The molecule has 1 fully saturated rings. The lowest BCUT2D eigenvalue weighted by atomic mass is 10.0. The minimum atomic E-state index is -0.510. The van der Waals surface area contributed by atoms with Crippen molar-refractivity contribution >= 4 is 23.2 Å². The highest BCUT2D eigenvalue weighted by molar-refractivity contribution is 6.31. The number of nitro benzene ring substituents is 1. The summed E-state index contributed by atoms with van der Waals surface area (Å²) in [6.45, 7) is 2.88. The lowest BCUT2D eigenvalue weighted by Crippen LogP contribution is -2.44. The number of non-ortho nitro benzene ring substituents is 1. The Morgan fingerprint density at radius 1 is 1.24 bits per heavy atom. The first-order valence-corrected chi connectivity index (χ1v) is 9.62. The molecule has 0 radical (unpaired) electrons. The Hall–Kier alpha value is -2.68. The van der Waals surface area contributed by atoms with Crippen molar-refractivity contribution in [3.8, 4) is 5.75 Å². The first kappa shape index (κ1) is 21.0. The van der Waals surface area contributed by atoms with Gasteiger partial charge in [-0.3, -0.25) is 19.8 Å². The fourth-order valence-electron chi connectivity index (χ4n) is 3.17. The van der Waals surface area contributed by atoms with E-state index >= 15 is 0 Å². The van der Waals surface area contributed by atoms with Crippen molar-refractivity contribution in [1.82, 2.24) is 10.2 Å². The van der Waals surface area contributed by atoms with Crippen molar-refractivity contribution in [2.45, 2.75) is 6.04 Å². The third-order valence-electron chi connectivity index (χ3n) is 4.64. The summed E-state index contributed by atoms with van der Waals surface area (Å²) in [5.41, 5.74) is 0.852. The number of benzene rings is 2. The molecule has 154 valence electrons. The lowest BCUT2D eigenvalue weighted by molar-refractivity contribution is -0.384. The van der Waals surface area contributed by atoms with Gasteiger partial charge in [0.25, 0.3) is 11.6 Å². The molecular weight excluding hydrogens is 398 g/mol. The molecule has 0 aromatic heterocycles. The van der Waals surface area contributed by atoms with E-state index in [1.807, 2.05) is 24.3 Å². The smallest absolute Gasteiger partial charge is 0.273 e. The Kier molecular flexibility index (Phi) is 7.40. The number of carbonyl (C=O) groups is 1. The maximum absolute atomic E-state index is 12.3. The van der Waals surface area contributed by atoms with Gasteiger partial charge in [0.15, 0.2) is 6.61 Å². The van der Waals surface area contributed by atoms with E-state index in [1.54, 1.807) is 6.07 Å².